The molecule has 0 saturated heterocycles. The Morgan fingerprint density at radius 1 is 1.23 bits per heavy atom. The third-order valence-electron chi connectivity index (χ3n) is 5.87. The summed E-state index contributed by atoms with van der Waals surface area (Å²) in [6, 6.07) is 9.38. The zero-order chi connectivity index (χ0) is 18.1. The van der Waals surface area contributed by atoms with E-state index >= 15 is 0 Å². The molecule has 2 saturated carbocycles. The van der Waals surface area contributed by atoms with Gasteiger partial charge in [-0.25, -0.2) is 4.39 Å². The van der Waals surface area contributed by atoms with Crippen LogP contribution < -0.4 is 10.1 Å². The van der Waals surface area contributed by atoms with Crippen molar-refractivity contribution < 1.29 is 18.3 Å². The highest BCUT2D eigenvalue weighted by molar-refractivity contribution is 5.91. The molecule has 1 aromatic heterocycles. The molecule has 2 bridgehead atoms. The molecule has 0 radical (unpaired) electrons. The third kappa shape index (κ3) is 3.62. The smallest absolute Gasteiger partial charge is 0.287 e. The van der Waals surface area contributed by atoms with Crippen molar-refractivity contribution in [3.8, 4) is 5.75 Å². The number of hydrogen-bond donors (Lipinski definition) is 1. The number of fused-ring (bicyclic) bond motifs is 2. The Labute approximate surface area is 152 Å². The predicted molar refractivity (Wildman–Crippen MR) is 95.3 cm³/mol. The first-order chi connectivity index (χ1) is 12.6. The van der Waals surface area contributed by atoms with Crippen molar-refractivity contribution in [2.45, 2.75) is 45.3 Å². The van der Waals surface area contributed by atoms with Gasteiger partial charge in [0.1, 0.15) is 23.9 Å². The van der Waals surface area contributed by atoms with Crippen molar-refractivity contribution in [2.24, 2.45) is 17.8 Å². The number of furan rings is 1. The molecule has 2 fully saturated rings. The minimum atomic E-state index is -0.307. The van der Waals surface area contributed by atoms with Gasteiger partial charge in [-0.05, 0) is 80.3 Å². The molecular formula is C21H24FNO3. The zero-order valence-corrected chi connectivity index (χ0v) is 14.9. The highest BCUT2D eigenvalue weighted by Crippen LogP contribution is 2.49. The molecule has 1 N–H and O–H groups in total. The minimum Gasteiger partial charge on any atom is -0.486 e. The van der Waals surface area contributed by atoms with Gasteiger partial charge in [-0.3, -0.25) is 4.79 Å². The first-order valence-corrected chi connectivity index (χ1v) is 9.36. The molecule has 4 atom stereocenters. The summed E-state index contributed by atoms with van der Waals surface area (Å²) in [5.41, 5.74) is 0. The van der Waals surface area contributed by atoms with E-state index in [2.05, 4.69) is 12.2 Å². The molecule has 138 valence electrons. The summed E-state index contributed by atoms with van der Waals surface area (Å²) in [6.45, 7) is 2.30. The van der Waals surface area contributed by atoms with E-state index in [0.717, 1.165) is 11.8 Å². The van der Waals surface area contributed by atoms with Crippen molar-refractivity contribution in [2.75, 3.05) is 0 Å². The van der Waals surface area contributed by atoms with Gasteiger partial charge in [-0.1, -0.05) is 6.42 Å². The van der Waals surface area contributed by atoms with Gasteiger partial charge in [0.2, 0.25) is 0 Å². The van der Waals surface area contributed by atoms with Gasteiger partial charge < -0.3 is 14.5 Å². The van der Waals surface area contributed by atoms with Crippen molar-refractivity contribution in [3.05, 3.63) is 53.7 Å². The molecule has 1 amide bonds. The number of halogens is 1. The molecule has 0 unspecified atom stereocenters. The van der Waals surface area contributed by atoms with Crippen LogP contribution in [0.15, 0.2) is 40.8 Å². The third-order valence-corrected chi connectivity index (χ3v) is 5.87. The molecule has 1 aromatic carbocycles. The Kier molecular flexibility index (Phi) is 4.70. The maximum atomic E-state index is 12.9. The van der Waals surface area contributed by atoms with E-state index in [9.17, 15) is 9.18 Å². The lowest BCUT2D eigenvalue weighted by Crippen LogP contribution is -2.40. The standard InChI is InChI=1S/C21H24FNO3/c1-13(19-11-14-2-3-15(19)10-14)23-21(24)20-9-8-18(26-20)12-25-17-6-4-16(22)5-7-17/h4-9,13-15,19H,2-3,10-12H2,1H3,(H,23,24)/t13-,14+,15+,19+/m1/s1. The summed E-state index contributed by atoms with van der Waals surface area (Å²) < 4.78 is 24.0. The average molecular weight is 357 g/mol. The summed E-state index contributed by atoms with van der Waals surface area (Å²) >= 11 is 0. The molecular weight excluding hydrogens is 333 g/mol. The molecule has 5 heteroatoms. The second kappa shape index (κ2) is 7.14. The van der Waals surface area contributed by atoms with E-state index in [1.807, 2.05) is 0 Å². The summed E-state index contributed by atoms with van der Waals surface area (Å²) in [4.78, 5) is 12.5. The van der Waals surface area contributed by atoms with Gasteiger partial charge in [-0.15, -0.1) is 0 Å². The molecule has 26 heavy (non-hydrogen) atoms. The van der Waals surface area contributed by atoms with E-state index in [4.69, 9.17) is 9.15 Å². The Balaban J connectivity index is 1.30. The van der Waals surface area contributed by atoms with Gasteiger partial charge in [0.05, 0.1) is 0 Å². The van der Waals surface area contributed by atoms with Gasteiger partial charge in [0, 0.05) is 6.04 Å². The second-order valence-corrected chi connectivity index (χ2v) is 7.61. The molecule has 4 rings (SSSR count). The number of benzene rings is 1. The Morgan fingerprint density at radius 3 is 2.73 bits per heavy atom. The Bertz CT molecular complexity index is 770. The first-order valence-electron chi connectivity index (χ1n) is 9.36. The molecule has 1 heterocycles. The fourth-order valence-corrected chi connectivity index (χ4v) is 4.55. The molecule has 0 aliphatic heterocycles. The van der Waals surface area contributed by atoms with Crippen LogP contribution in [0.1, 0.15) is 48.9 Å². The van der Waals surface area contributed by atoms with Gasteiger partial charge in [0.15, 0.2) is 5.76 Å². The van der Waals surface area contributed by atoms with Crippen molar-refractivity contribution >= 4 is 5.91 Å². The van der Waals surface area contributed by atoms with Crippen molar-refractivity contribution in [3.63, 3.8) is 0 Å². The average Bonchev–Trinajstić information content (AvgIpc) is 3.37. The number of ether oxygens (including phenoxy) is 1. The Morgan fingerprint density at radius 2 is 2.04 bits per heavy atom. The van der Waals surface area contributed by atoms with E-state index in [-0.39, 0.29) is 24.4 Å². The summed E-state index contributed by atoms with van der Waals surface area (Å²) in [5.74, 6) is 3.17. The van der Waals surface area contributed by atoms with Crippen LogP contribution in [-0.2, 0) is 6.61 Å². The maximum Gasteiger partial charge on any atom is 0.287 e. The number of carbonyl (C=O) groups excluding carboxylic acids is 1. The summed E-state index contributed by atoms with van der Waals surface area (Å²) in [7, 11) is 0. The van der Waals surface area contributed by atoms with Gasteiger partial charge in [-0.2, -0.15) is 0 Å². The molecule has 2 aliphatic carbocycles. The normalized spacial score (nSPS) is 25.2. The van der Waals surface area contributed by atoms with Crippen LogP contribution in [0, 0.1) is 23.6 Å². The fraction of sp³-hybridized carbons (Fsp3) is 0.476. The predicted octanol–water partition coefficient (Wildman–Crippen LogP) is 4.55. The number of rotatable bonds is 6. The van der Waals surface area contributed by atoms with Crippen LogP contribution in [-0.4, -0.2) is 11.9 Å². The lowest BCUT2D eigenvalue weighted by molar-refractivity contribution is 0.0883. The molecule has 0 spiro atoms. The number of amides is 1. The van der Waals surface area contributed by atoms with Crippen LogP contribution in [0.2, 0.25) is 0 Å². The first kappa shape index (κ1) is 17.1. The van der Waals surface area contributed by atoms with Crippen LogP contribution in [0.25, 0.3) is 0 Å². The van der Waals surface area contributed by atoms with Crippen LogP contribution >= 0.6 is 0 Å². The largest absolute Gasteiger partial charge is 0.486 e. The Hall–Kier alpha value is -2.30. The second-order valence-electron chi connectivity index (χ2n) is 7.61. The monoisotopic (exact) mass is 357 g/mol. The fourth-order valence-electron chi connectivity index (χ4n) is 4.55. The maximum absolute atomic E-state index is 12.9. The van der Waals surface area contributed by atoms with Crippen molar-refractivity contribution in [1.29, 1.82) is 0 Å². The summed E-state index contributed by atoms with van der Waals surface area (Å²) in [5, 5.41) is 3.10. The van der Waals surface area contributed by atoms with E-state index in [0.29, 0.717) is 23.2 Å². The van der Waals surface area contributed by atoms with Crippen LogP contribution in [0.4, 0.5) is 4.39 Å². The van der Waals surface area contributed by atoms with E-state index in [1.165, 1.54) is 37.8 Å². The summed E-state index contributed by atoms with van der Waals surface area (Å²) in [6.07, 6.45) is 5.23. The van der Waals surface area contributed by atoms with Crippen molar-refractivity contribution in [1.82, 2.24) is 5.32 Å². The van der Waals surface area contributed by atoms with Gasteiger partial charge in [0.25, 0.3) is 5.91 Å². The van der Waals surface area contributed by atoms with Gasteiger partial charge >= 0.3 is 0 Å². The highest BCUT2D eigenvalue weighted by Gasteiger charge is 2.42. The lowest BCUT2D eigenvalue weighted by Gasteiger charge is -2.28. The minimum absolute atomic E-state index is 0.168. The molecule has 4 nitrogen and oxygen atoms in total. The SMILES string of the molecule is C[C@@H](NC(=O)c1ccc(COc2ccc(F)cc2)o1)[C@@H]1C[C@H]2CC[C@H]1C2. The molecule has 2 aliphatic rings. The van der Waals surface area contributed by atoms with E-state index in [1.54, 1.807) is 24.3 Å². The van der Waals surface area contributed by atoms with Crippen LogP contribution in [0.3, 0.4) is 0 Å². The van der Waals surface area contributed by atoms with E-state index < -0.39 is 0 Å². The topological polar surface area (TPSA) is 51.5 Å². The number of nitrogens with one attached hydrogen (secondary N) is 1. The number of hydrogen-bond acceptors (Lipinski definition) is 3. The lowest BCUT2D eigenvalue weighted by atomic mass is 9.84. The zero-order valence-electron chi connectivity index (χ0n) is 14.9. The van der Waals surface area contributed by atoms with Crippen LogP contribution in [0.5, 0.6) is 5.75 Å². The quantitative estimate of drug-likeness (QED) is 0.825. The number of carbonyl (C=O) groups is 1. The molecule has 2 aromatic rings. The highest BCUT2D eigenvalue weighted by atomic mass is 19.1.